The number of thiazole rings is 1. The molecule has 130 valence electrons. The fourth-order valence-electron chi connectivity index (χ4n) is 2.61. The Kier molecular flexibility index (Phi) is 4.36. The molecule has 0 atom stereocenters. The normalized spacial score (nSPS) is 13.8. The number of halogens is 1. The Morgan fingerprint density at radius 2 is 2.08 bits per heavy atom. The number of ether oxygens (including phenoxy) is 1. The van der Waals surface area contributed by atoms with Crippen LogP contribution in [0.25, 0.3) is 11.6 Å². The van der Waals surface area contributed by atoms with E-state index >= 15 is 0 Å². The average Bonchev–Trinajstić information content (AvgIpc) is 3.21. The highest BCUT2D eigenvalue weighted by atomic mass is 35.5. The smallest absolute Gasteiger partial charge is 0.231 e. The minimum Gasteiger partial charge on any atom is -0.497 e. The van der Waals surface area contributed by atoms with Crippen LogP contribution in [0.15, 0.2) is 47.5 Å². The number of rotatable bonds is 4. The highest BCUT2D eigenvalue weighted by Crippen LogP contribution is 2.38. The Balaban J connectivity index is 1.63. The first-order chi connectivity index (χ1) is 12.6. The minimum absolute atomic E-state index is 0.0400. The third kappa shape index (κ3) is 3.16. The molecular weight excluding hydrogens is 370 g/mol. The standard InChI is InChI=1S/C19H14ClN3O2S/c1-25-12-6-7-14(20)16(9-12)22-19-23-18(24)17(26-19)8-11-10-21-15-5-3-2-4-13(11)15/h2-10,24H,1H3,(H,22,23). The number of aromatic nitrogens is 1. The largest absolute Gasteiger partial charge is 0.497 e. The van der Waals surface area contributed by atoms with Gasteiger partial charge in [-0.25, -0.2) is 0 Å². The summed E-state index contributed by atoms with van der Waals surface area (Å²) in [7, 11) is 1.59. The molecule has 0 unspecified atom stereocenters. The lowest BCUT2D eigenvalue weighted by atomic mass is 10.1. The van der Waals surface area contributed by atoms with Gasteiger partial charge in [-0.1, -0.05) is 41.1 Å². The number of aromatic hydroxyl groups is 1. The van der Waals surface area contributed by atoms with Crippen molar-refractivity contribution in [2.45, 2.75) is 0 Å². The highest BCUT2D eigenvalue weighted by molar-refractivity contribution is 7.16. The fraction of sp³-hybridized carbons (Fsp3) is 0.0526. The van der Waals surface area contributed by atoms with Gasteiger partial charge in [0.1, 0.15) is 5.75 Å². The third-order valence-electron chi connectivity index (χ3n) is 3.89. The van der Waals surface area contributed by atoms with E-state index in [1.54, 1.807) is 31.5 Å². The Hall–Kier alpha value is -2.83. The number of allylic oxidation sites excluding steroid dienone is 1. The molecule has 0 saturated carbocycles. The quantitative estimate of drug-likeness (QED) is 0.623. The number of benzene rings is 2. The molecule has 2 aromatic carbocycles. The van der Waals surface area contributed by atoms with Crippen molar-refractivity contribution in [2.75, 3.05) is 12.4 Å². The Morgan fingerprint density at radius 3 is 2.92 bits per heavy atom. The predicted molar refractivity (Wildman–Crippen MR) is 108 cm³/mol. The fourth-order valence-corrected chi connectivity index (χ4v) is 3.60. The maximum absolute atomic E-state index is 10.2. The number of para-hydroxylation sites is 1. The topological polar surface area (TPSA) is 66.7 Å². The summed E-state index contributed by atoms with van der Waals surface area (Å²) in [6.07, 6.45) is 3.66. The molecule has 1 aromatic heterocycles. The first-order valence-corrected chi connectivity index (χ1v) is 8.99. The van der Waals surface area contributed by atoms with Gasteiger partial charge in [0.2, 0.25) is 5.88 Å². The van der Waals surface area contributed by atoms with E-state index in [2.05, 4.69) is 15.3 Å². The van der Waals surface area contributed by atoms with Crippen molar-refractivity contribution < 1.29 is 9.84 Å². The number of hydrogen-bond donors (Lipinski definition) is 2. The molecule has 0 spiro atoms. The zero-order valence-corrected chi connectivity index (χ0v) is 15.3. The summed E-state index contributed by atoms with van der Waals surface area (Å²) in [5.74, 6) is 0.639. The Labute approximate surface area is 159 Å². The Morgan fingerprint density at radius 1 is 1.23 bits per heavy atom. The van der Waals surface area contributed by atoms with Gasteiger partial charge in [-0.2, -0.15) is 4.98 Å². The molecule has 3 aromatic rings. The van der Waals surface area contributed by atoms with Gasteiger partial charge >= 0.3 is 0 Å². The van der Waals surface area contributed by atoms with Crippen molar-refractivity contribution in [2.24, 2.45) is 4.99 Å². The predicted octanol–water partition coefficient (Wildman–Crippen LogP) is 5.51. The number of anilines is 2. The molecule has 26 heavy (non-hydrogen) atoms. The lowest BCUT2D eigenvalue weighted by molar-refractivity contribution is 0.415. The minimum atomic E-state index is -0.0400. The van der Waals surface area contributed by atoms with Crippen LogP contribution in [0.1, 0.15) is 10.4 Å². The van der Waals surface area contributed by atoms with Crippen LogP contribution in [-0.2, 0) is 0 Å². The number of nitrogens with zero attached hydrogens (tertiary/aromatic N) is 2. The SMILES string of the molecule is COc1ccc(Cl)c(Nc2nc(O)c(C=C3C=Nc4ccccc43)s2)c1. The first-order valence-electron chi connectivity index (χ1n) is 7.79. The van der Waals surface area contributed by atoms with E-state index in [1.807, 2.05) is 30.3 Å². The summed E-state index contributed by atoms with van der Waals surface area (Å²) in [6, 6.07) is 13.2. The number of nitrogens with one attached hydrogen (secondary N) is 1. The van der Waals surface area contributed by atoms with Gasteiger partial charge in [-0.3, -0.25) is 4.99 Å². The second kappa shape index (κ2) is 6.82. The van der Waals surface area contributed by atoms with Gasteiger partial charge in [0.15, 0.2) is 5.13 Å². The van der Waals surface area contributed by atoms with Crippen molar-refractivity contribution in [1.82, 2.24) is 4.98 Å². The zero-order valence-electron chi connectivity index (χ0n) is 13.7. The van der Waals surface area contributed by atoms with Crippen molar-refractivity contribution in [3.05, 3.63) is 57.9 Å². The molecule has 0 aliphatic carbocycles. The monoisotopic (exact) mass is 383 g/mol. The number of fused-ring (bicyclic) bond motifs is 1. The van der Waals surface area contributed by atoms with Crippen LogP contribution in [0.5, 0.6) is 11.6 Å². The van der Waals surface area contributed by atoms with Gasteiger partial charge in [-0.15, -0.1) is 0 Å². The molecule has 0 saturated heterocycles. The second-order valence-electron chi connectivity index (χ2n) is 5.55. The molecule has 5 nitrogen and oxygen atoms in total. The van der Waals surface area contributed by atoms with Gasteiger partial charge < -0.3 is 15.2 Å². The highest BCUT2D eigenvalue weighted by Gasteiger charge is 2.15. The second-order valence-corrected chi connectivity index (χ2v) is 6.99. The lowest BCUT2D eigenvalue weighted by Crippen LogP contribution is -1.91. The number of hydrogen-bond acceptors (Lipinski definition) is 6. The van der Waals surface area contributed by atoms with Crippen LogP contribution < -0.4 is 10.1 Å². The van der Waals surface area contributed by atoms with E-state index < -0.39 is 0 Å². The summed E-state index contributed by atoms with van der Waals surface area (Å²) in [5.41, 5.74) is 3.55. The molecule has 7 heteroatoms. The third-order valence-corrected chi connectivity index (χ3v) is 5.13. The van der Waals surface area contributed by atoms with Gasteiger partial charge in [0, 0.05) is 23.4 Å². The molecule has 0 bridgehead atoms. The lowest BCUT2D eigenvalue weighted by Gasteiger charge is -2.07. The maximum atomic E-state index is 10.2. The van der Waals surface area contributed by atoms with Crippen LogP contribution >= 0.6 is 22.9 Å². The van der Waals surface area contributed by atoms with Crippen molar-refractivity contribution >= 4 is 57.3 Å². The summed E-state index contributed by atoms with van der Waals surface area (Å²) in [5, 5.41) is 14.4. The zero-order chi connectivity index (χ0) is 18.1. The van der Waals surface area contributed by atoms with Crippen molar-refractivity contribution in [3.63, 3.8) is 0 Å². The van der Waals surface area contributed by atoms with Crippen LogP contribution in [0.3, 0.4) is 0 Å². The van der Waals surface area contributed by atoms with Gasteiger partial charge in [0.25, 0.3) is 0 Å². The van der Waals surface area contributed by atoms with Crippen LogP contribution in [0, 0.1) is 0 Å². The van der Waals surface area contributed by atoms with Gasteiger partial charge in [-0.05, 0) is 24.3 Å². The van der Waals surface area contributed by atoms with Crippen LogP contribution in [0.2, 0.25) is 5.02 Å². The van der Waals surface area contributed by atoms with E-state index in [4.69, 9.17) is 16.3 Å². The van der Waals surface area contributed by atoms with Crippen molar-refractivity contribution in [3.8, 4) is 11.6 Å². The maximum Gasteiger partial charge on any atom is 0.231 e. The molecule has 0 fully saturated rings. The Bertz CT molecular complexity index is 1040. The molecular formula is C19H14ClN3O2S. The summed E-state index contributed by atoms with van der Waals surface area (Å²) in [6.45, 7) is 0. The molecule has 4 rings (SSSR count). The molecule has 2 heterocycles. The molecule has 0 amide bonds. The first kappa shape index (κ1) is 16.6. The van der Waals surface area contributed by atoms with E-state index in [0.717, 1.165) is 16.8 Å². The van der Waals surface area contributed by atoms with Crippen molar-refractivity contribution in [1.29, 1.82) is 0 Å². The summed E-state index contributed by atoms with van der Waals surface area (Å²) in [4.78, 5) is 9.19. The van der Waals surface area contributed by atoms with E-state index in [-0.39, 0.29) is 5.88 Å². The summed E-state index contributed by atoms with van der Waals surface area (Å²) < 4.78 is 5.21. The molecule has 0 radical (unpaired) electrons. The molecule has 1 aliphatic rings. The average molecular weight is 384 g/mol. The summed E-state index contributed by atoms with van der Waals surface area (Å²) >= 11 is 7.54. The molecule has 2 N–H and O–H groups in total. The van der Waals surface area contributed by atoms with E-state index in [0.29, 0.717) is 26.5 Å². The number of methoxy groups -OCH3 is 1. The van der Waals surface area contributed by atoms with Crippen LogP contribution in [-0.4, -0.2) is 23.4 Å². The molecule has 1 aliphatic heterocycles. The van der Waals surface area contributed by atoms with Crippen LogP contribution in [0.4, 0.5) is 16.5 Å². The van der Waals surface area contributed by atoms with Gasteiger partial charge in [0.05, 0.1) is 28.4 Å². The van der Waals surface area contributed by atoms with E-state index in [9.17, 15) is 5.11 Å². The number of aliphatic imine (C=N–C) groups is 1. The van der Waals surface area contributed by atoms with E-state index in [1.165, 1.54) is 11.3 Å².